The van der Waals surface area contributed by atoms with Crippen LogP contribution >= 0.6 is 15.9 Å². The van der Waals surface area contributed by atoms with E-state index in [9.17, 15) is 0 Å². The Bertz CT molecular complexity index is 95.3. The second-order valence-corrected chi connectivity index (χ2v) is 3.86. The van der Waals surface area contributed by atoms with Gasteiger partial charge in [0.15, 0.2) is 0 Å². The van der Waals surface area contributed by atoms with Crippen LogP contribution in [-0.4, -0.2) is 29.4 Å². The van der Waals surface area contributed by atoms with Gasteiger partial charge in [0.25, 0.3) is 0 Å². The fourth-order valence-corrected chi connectivity index (χ4v) is 1.84. The molecule has 60 valence electrons. The van der Waals surface area contributed by atoms with Gasteiger partial charge in [-0.15, -0.1) is 0 Å². The summed E-state index contributed by atoms with van der Waals surface area (Å²) < 4.78 is 0. The molecule has 0 aromatic carbocycles. The molecule has 1 rings (SSSR count). The summed E-state index contributed by atoms with van der Waals surface area (Å²) in [5, 5.41) is 1.15. The van der Waals surface area contributed by atoms with Crippen molar-refractivity contribution in [1.82, 2.24) is 4.90 Å². The largest absolute Gasteiger partial charge is 0.301 e. The Morgan fingerprint density at radius 2 is 2.40 bits per heavy atom. The molecule has 2 heteroatoms. The van der Waals surface area contributed by atoms with E-state index in [1.807, 2.05) is 0 Å². The molecule has 0 aromatic heterocycles. The molecule has 0 N–H and O–H groups in total. The summed E-state index contributed by atoms with van der Waals surface area (Å²) in [6.07, 6.45) is 4.11. The van der Waals surface area contributed by atoms with Crippen molar-refractivity contribution < 1.29 is 0 Å². The van der Waals surface area contributed by atoms with Gasteiger partial charge in [-0.3, -0.25) is 0 Å². The molecule has 0 bridgehead atoms. The summed E-state index contributed by atoms with van der Waals surface area (Å²) in [5.74, 6) is 0. The number of halogens is 1. The maximum atomic E-state index is 3.45. The summed E-state index contributed by atoms with van der Waals surface area (Å²) in [6, 6.07) is 0.846. The summed E-state index contributed by atoms with van der Waals surface area (Å²) in [4.78, 5) is 2.58. The van der Waals surface area contributed by atoms with E-state index in [1.165, 1.54) is 32.4 Å². The molecule has 0 radical (unpaired) electrons. The van der Waals surface area contributed by atoms with Gasteiger partial charge in [0.1, 0.15) is 0 Å². The Labute approximate surface area is 71.9 Å². The third-order valence-electron chi connectivity index (χ3n) is 2.27. The minimum Gasteiger partial charge on any atom is -0.301 e. The molecule has 1 fully saturated rings. The van der Waals surface area contributed by atoms with Crippen LogP contribution in [0.1, 0.15) is 26.2 Å². The third kappa shape index (κ3) is 2.24. The van der Waals surface area contributed by atoms with Crippen LogP contribution in [0.4, 0.5) is 0 Å². The second-order valence-electron chi connectivity index (χ2n) is 3.07. The summed E-state index contributed by atoms with van der Waals surface area (Å²) >= 11 is 3.45. The number of hydrogen-bond donors (Lipinski definition) is 0. The van der Waals surface area contributed by atoms with Crippen molar-refractivity contribution in [3.63, 3.8) is 0 Å². The zero-order valence-corrected chi connectivity index (χ0v) is 8.23. The van der Waals surface area contributed by atoms with Crippen LogP contribution in [0.25, 0.3) is 0 Å². The molecule has 1 atom stereocenters. The lowest BCUT2D eigenvalue weighted by Gasteiger charge is -2.19. The number of rotatable bonds is 3. The molecular weight excluding hydrogens is 190 g/mol. The Morgan fingerprint density at radius 1 is 1.60 bits per heavy atom. The third-order valence-corrected chi connectivity index (χ3v) is 2.83. The van der Waals surface area contributed by atoms with E-state index in [0.717, 1.165) is 11.4 Å². The van der Waals surface area contributed by atoms with Crippen molar-refractivity contribution in [1.29, 1.82) is 0 Å². The molecule has 1 aliphatic rings. The minimum absolute atomic E-state index is 0.846. The standard InChI is InChI=1S/C8H16BrN/c1-8-4-2-6-10(8)7-3-5-9/h8H,2-7H2,1H3. The summed E-state index contributed by atoms with van der Waals surface area (Å²) in [6.45, 7) is 4.95. The smallest absolute Gasteiger partial charge is 0.00674 e. The van der Waals surface area contributed by atoms with Crippen molar-refractivity contribution in [2.75, 3.05) is 18.4 Å². The highest BCUT2D eigenvalue weighted by Gasteiger charge is 2.18. The summed E-state index contributed by atoms with van der Waals surface area (Å²) in [7, 11) is 0. The van der Waals surface area contributed by atoms with E-state index in [1.54, 1.807) is 0 Å². The normalized spacial score (nSPS) is 27.6. The van der Waals surface area contributed by atoms with Gasteiger partial charge >= 0.3 is 0 Å². The summed E-state index contributed by atoms with van der Waals surface area (Å²) in [5.41, 5.74) is 0. The predicted molar refractivity (Wildman–Crippen MR) is 48.7 cm³/mol. The molecular formula is C8H16BrN. The second kappa shape index (κ2) is 4.35. The van der Waals surface area contributed by atoms with E-state index in [0.29, 0.717) is 0 Å². The molecule has 0 amide bonds. The SMILES string of the molecule is CC1CCCN1CCCBr. The van der Waals surface area contributed by atoms with Crippen molar-refractivity contribution in [2.45, 2.75) is 32.2 Å². The topological polar surface area (TPSA) is 3.24 Å². The monoisotopic (exact) mass is 205 g/mol. The maximum absolute atomic E-state index is 3.45. The number of nitrogens with zero attached hydrogens (tertiary/aromatic N) is 1. The zero-order valence-electron chi connectivity index (χ0n) is 6.65. The molecule has 1 unspecified atom stereocenters. The van der Waals surface area contributed by atoms with Crippen molar-refractivity contribution in [3.8, 4) is 0 Å². The van der Waals surface area contributed by atoms with Gasteiger partial charge in [0, 0.05) is 11.4 Å². The lowest BCUT2D eigenvalue weighted by Crippen LogP contribution is -2.27. The molecule has 1 aliphatic heterocycles. The number of hydrogen-bond acceptors (Lipinski definition) is 1. The van der Waals surface area contributed by atoms with Gasteiger partial charge in [-0.2, -0.15) is 0 Å². The molecule has 1 nitrogen and oxygen atoms in total. The van der Waals surface area contributed by atoms with E-state index < -0.39 is 0 Å². The Balaban J connectivity index is 2.14. The molecule has 1 heterocycles. The van der Waals surface area contributed by atoms with Crippen molar-refractivity contribution >= 4 is 15.9 Å². The average molecular weight is 206 g/mol. The van der Waals surface area contributed by atoms with Crippen molar-refractivity contribution in [2.24, 2.45) is 0 Å². The van der Waals surface area contributed by atoms with Crippen LogP contribution < -0.4 is 0 Å². The van der Waals surface area contributed by atoms with Crippen LogP contribution in [0, 0.1) is 0 Å². The quantitative estimate of drug-likeness (QED) is 0.640. The van der Waals surface area contributed by atoms with E-state index in [2.05, 4.69) is 27.8 Å². The van der Waals surface area contributed by atoms with Crippen LogP contribution in [-0.2, 0) is 0 Å². The highest BCUT2D eigenvalue weighted by molar-refractivity contribution is 9.09. The zero-order chi connectivity index (χ0) is 7.40. The first-order valence-electron chi connectivity index (χ1n) is 4.14. The first kappa shape index (κ1) is 8.54. The van der Waals surface area contributed by atoms with Gasteiger partial charge in [0.05, 0.1) is 0 Å². The lowest BCUT2D eigenvalue weighted by atomic mass is 10.2. The minimum atomic E-state index is 0.846. The van der Waals surface area contributed by atoms with Gasteiger partial charge in [-0.05, 0) is 39.3 Å². The lowest BCUT2D eigenvalue weighted by molar-refractivity contribution is 0.270. The van der Waals surface area contributed by atoms with Crippen LogP contribution in [0.15, 0.2) is 0 Å². The van der Waals surface area contributed by atoms with E-state index in [-0.39, 0.29) is 0 Å². The first-order valence-corrected chi connectivity index (χ1v) is 5.26. The Hall–Kier alpha value is 0.440. The van der Waals surface area contributed by atoms with Gasteiger partial charge in [-0.25, -0.2) is 0 Å². The molecule has 0 aromatic rings. The highest BCUT2D eigenvalue weighted by atomic mass is 79.9. The number of likely N-dealkylation sites (tertiary alicyclic amines) is 1. The van der Waals surface area contributed by atoms with Gasteiger partial charge in [0.2, 0.25) is 0 Å². The Kier molecular flexibility index (Phi) is 3.71. The van der Waals surface area contributed by atoms with Crippen LogP contribution in [0.3, 0.4) is 0 Å². The van der Waals surface area contributed by atoms with Crippen LogP contribution in [0.2, 0.25) is 0 Å². The van der Waals surface area contributed by atoms with Gasteiger partial charge in [-0.1, -0.05) is 15.9 Å². The van der Waals surface area contributed by atoms with Crippen molar-refractivity contribution in [3.05, 3.63) is 0 Å². The molecule has 10 heavy (non-hydrogen) atoms. The average Bonchev–Trinajstić information content (AvgIpc) is 2.31. The number of alkyl halides is 1. The van der Waals surface area contributed by atoms with E-state index in [4.69, 9.17) is 0 Å². The van der Waals surface area contributed by atoms with E-state index >= 15 is 0 Å². The molecule has 0 aliphatic carbocycles. The molecule has 1 saturated heterocycles. The first-order chi connectivity index (χ1) is 4.84. The fraction of sp³-hybridized carbons (Fsp3) is 1.00. The predicted octanol–water partition coefficient (Wildman–Crippen LogP) is 2.26. The Morgan fingerprint density at radius 3 is 2.90 bits per heavy atom. The van der Waals surface area contributed by atoms with Crippen LogP contribution in [0.5, 0.6) is 0 Å². The highest BCUT2D eigenvalue weighted by Crippen LogP contribution is 2.16. The maximum Gasteiger partial charge on any atom is 0.00674 e. The fourth-order valence-electron chi connectivity index (χ4n) is 1.59. The molecule has 0 saturated carbocycles. The molecule has 0 spiro atoms. The van der Waals surface area contributed by atoms with Gasteiger partial charge < -0.3 is 4.90 Å².